The van der Waals surface area contributed by atoms with Crippen molar-refractivity contribution < 1.29 is 18.0 Å². The predicted octanol–water partition coefficient (Wildman–Crippen LogP) is 3.03. The van der Waals surface area contributed by atoms with Crippen LogP contribution in [-0.2, 0) is 11.0 Å². The molecule has 0 spiro atoms. The molecule has 1 saturated heterocycles. The maximum Gasteiger partial charge on any atom is 0.416 e. The molecule has 1 aliphatic rings. The SMILES string of the molecule is CN(CC[C@@H]1CCCCN1C)CC(=O)Nc1cc(C(F)(F)F)ccc1-n1cncn1. The van der Waals surface area contributed by atoms with Crippen molar-refractivity contribution in [3.63, 3.8) is 0 Å². The number of benzene rings is 1. The second-order valence-corrected chi connectivity index (χ2v) is 7.77. The molecule has 7 nitrogen and oxygen atoms in total. The van der Waals surface area contributed by atoms with E-state index >= 15 is 0 Å². The standard InChI is InChI=1S/C20H27F3N6O/c1-27(10-8-16-5-3-4-9-28(16)2)12-19(30)26-17-11-15(20(21,22)23)6-7-18(17)29-14-24-13-25-29/h6-7,11,13-14,16H,3-5,8-10,12H2,1-2H3,(H,26,30)/t16-/m0/s1. The van der Waals surface area contributed by atoms with Gasteiger partial charge in [0.2, 0.25) is 5.91 Å². The Balaban J connectivity index is 1.64. The van der Waals surface area contributed by atoms with Gasteiger partial charge in [-0.2, -0.15) is 18.3 Å². The van der Waals surface area contributed by atoms with Crippen LogP contribution in [0.5, 0.6) is 0 Å². The van der Waals surface area contributed by atoms with Gasteiger partial charge in [-0.3, -0.25) is 9.69 Å². The van der Waals surface area contributed by atoms with Gasteiger partial charge >= 0.3 is 6.18 Å². The lowest BCUT2D eigenvalue weighted by Gasteiger charge is -2.33. The fraction of sp³-hybridized carbons (Fsp3) is 0.550. The van der Waals surface area contributed by atoms with Crippen LogP contribution in [0.2, 0.25) is 0 Å². The summed E-state index contributed by atoms with van der Waals surface area (Å²) in [6, 6.07) is 3.66. The van der Waals surface area contributed by atoms with Crippen LogP contribution in [0, 0.1) is 0 Å². The van der Waals surface area contributed by atoms with Gasteiger partial charge in [-0.05, 0) is 64.6 Å². The van der Waals surface area contributed by atoms with Crippen molar-refractivity contribution in [3.05, 3.63) is 36.4 Å². The first-order valence-corrected chi connectivity index (χ1v) is 9.99. The molecule has 1 N–H and O–H groups in total. The normalized spacial score (nSPS) is 18.0. The summed E-state index contributed by atoms with van der Waals surface area (Å²) < 4.78 is 40.7. The summed E-state index contributed by atoms with van der Waals surface area (Å²) in [5, 5.41) is 6.56. The second-order valence-electron chi connectivity index (χ2n) is 7.77. The molecular weight excluding hydrogens is 397 g/mol. The molecule has 2 heterocycles. The highest BCUT2D eigenvalue weighted by Crippen LogP contribution is 2.33. The third-order valence-electron chi connectivity index (χ3n) is 5.44. The van der Waals surface area contributed by atoms with Gasteiger partial charge in [-0.25, -0.2) is 9.67 Å². The molecule has 0 radical (unpaired) electrons. The third kappa shape index (κ3) is 5.79. The van der Waals surface area contributed by atoms with Gasteiger partial charge in [0.05, 0.1) is 23.5 Å². The number of carbonyl (C=O) groups excluding carboxylic acids is 1. The number of rotatable bonds is 7. The monoisotopic (exact) mass is 424 g/mol. The van der Waals surface area contributed by atoms with Gasteiger partial charge in [0.15, 0.2) is 0 Å². The minimum Gasteiger partial charge on any atom is -0.323 e. The Bertz CT molecular complexity index is 840. The average Bonchev–Trinajstić information content (AvgIpc) is 3.21. The van der Waals surface area contributed by atoms with Crippen LogP contribution in [0.1, 0.15) is 31.2 Å². The van der Waals surface area contributed by atoms with Gasteiger partial charge in [0.25, 0.3) is 0 Å². The molecule has 0 bridgehead atoms. The summed E-state index contributed by atoms with van der Waals surface area (Å²) >= 11 is 0. The molecule has 0 unspecified atom stereocenters. The number of nitrogens with zero attached hydrogens (tertiary/aromatic N) is 5. The lowest BCUT2D eigenvalue weighted by Crippen LogP contribution is -2.39. The number of piperidine rings is 1. The molecule has 164 valence electrons. The van der Waals surface area contributed by atoms with Gasteiger partial charge in [-0.1, -0.05) is 6.42 Å². The van der Waals surface area contributed by atoms with Crippen molar-refractivity contribution in [1.29, 1.82) is 0 Å². The number of likely N-dealkylation sites (N-methyl/N-ethyl adjacent to an activating group) is 1. The van der Waals surface area contributed by atoms with Gasteiger partial charge in [0.1, 0.15) is 12.7 Å². The van der Waals surface area contributed by atoms with E-state index in [2.05, 4.69) is 27.3 Å². The van der Waals surface area contributed by atoms with Crippen molar-refractivity contribution >= 4 is 11.6 Å². The fourth-order valence-corrected chi connectivity index (χ4v) is 3.74. The predicted molar refractivity (Wildman–Crippen MR) is 107 cm³/mol. The molecule has 1 aromatic heterocycles. The summed E-state index contributed by atoms with van der Waals surface area (Å²) in [5.74, 6) is -0.379. The van der Waals surface area contributed by atoms with E-state index in [-0.39, 0.29) is 18.1 Å². The molecule has 2 aromatic rings. The maximum atomic E-state index is 13.1. The van der Waals surface area contributed by atoms with Crippen LogP contribution in [0.4, 0.5) is 18.9 Å². The van der Waals surface area contributed by atoms with E-state index in [1.54, 1.807) is 0 Å². The topological polar surface area (TPSA) is 66.3 Å². The van der Waals surface area contributed by atoms with Crippen LogP contribution in [0.15, 0.2) is 30.9 Å². The van der Waals surface area contributed by atoms with E-state index in [1.807, 2.05) is 11.9 Å². The zero-order valence-corrected chi connectivity index (χ0v) is 17.2. The zero-order valence-electron chi connectivity index (χ0n) is 17.2. The number of anilines is 1. The van der Waals surface area contributed by atoms with E-state index in [1.165, 1.54) is 36.2 Å². The zero-order chi connectivity index (χ0) is 21.7. The average molecular weight is 424 g/mol. The van der Waals surface area contributed by atoms with Crippen molar-refractivity contribution in [2.45, 2.75) is 37.9 Å². The quantitative estimate of drug-likeness (QED) is 0.740. The van der Waals surface area contributed by atoms with E-state index < -0.39 is 11.7 Å². The van der Waals surface area contributed by atoms with Gasteiger partial charge < -0.3 is 10.2 Å². The van der Waals surface area contributed by atoms with Gasteiger partial charge in [-0.15, -0.1) is 0 Å². The highest BCUT2D eigenvalue weighted by Gasteiger charge is 2.31. The smallest absolute Gasteiger partial charge is 0.323 e. The molecule has 1 amide bonds. The molecule has 1 aliphatic heterocycles. The highest BCUT2D eigenvalue weighted by molar-refractivity contribution is 5.94. The lowest BCUT2D eigenvalue weighted by atomic mass is 10.00. The number of nitrogens with one attached hydrogen (secondary N) is 1. The number of halogens is 3. The number of likely N-dealkylation sites (tertiary alicyclic amines) is 1. The highest BCUT2D eigenvalue weighted by atomic mass is 19.4. The second kappa shape index (κ2) is 9.57. The summed E-state index contributed by atoms with van der Waals surface area (Å²) in [6.45, 7) is 1.92. The number of hydrogen-bond acceptors (Lipinski definition) is 5. The summed E-state index contributed by atoms with van der Waals surface area (Å²) in [4.78, 5) is 20.6. The Hall–Kier alpha value is -2.46. The fourth-order valence-electron chi connectivity index (χ4n) is 3.74. The molecular formula is C20H27F3N6O. The Kier molecular flexibility index (Phi) is 7.09. The molecule has 0 aliphatic carbocycles. The van der Waals surface area contributed by atoms with Crippen molar-refractivity contribution in [2.24, 2.45) is 0 Å². The summed E-state index contributed by atoms with van der Waals surface area (Å²) in [5.41, 5.74) is -0.476. The lowest BCUT2D eigenvalue weighted by molar-refractivity contribution is -0.137. The number of alkyl halides is 3. The Morgan fingerprint density at radius 3 is 2.80 bits per heavy atom. The van der Waals surface area contributed by atoms with E-state index in [4.69, 9.17) is 0 Å². The maximum absolute atomic E-state index is 13.1. The molecule has 1 aromatic carbocycles. The molecule has 1 fully saturated rings. The first-order chi connectivity index (χ1) is 14.2. The van der Waals surface area contributed by atoms with E-state index in [0.717, 1.165) is 38.1 Å². The van der Waals surface area contributed by atoms with Crippen molar-refractivity contribution in [3.8, 4) is 5.69 Å². The van der Waals surface area contributed by atoms with Crippen LogP contribution in [0.25, 0.3) is 5.69 Å². The van der Waals surface area contributed by atoms with Crippen molar-refractivity contribution in [2.75, 3.05) is 39.0 Å². The van der Waals surface area contributed by atoms with Crippen LogP contribution < -0.4 is 5.32 Å². The number of amides is 1. The van der Waals surface area contributed by atoms with E-state index in [9.17, 15) is 18.0 Å². The number of hydrogen-bond donors (Lipinski definition) is 1. The first-order valence-electron chi connectivity index (χ1n) is 9.99. The summed E-state index contributed by atoms with van der Waals surface area (Å²) in [7, 11) is 3.96. The molecule has 30 heavy (non-hydrogen) atoms. The van der Waals surface area contributed by atoms with E-state index in [0.29, 0.717) is 11.7 Å². The largest absolute Gasteiger partial charge is 0.416 e. The number of carbonyl (C=O) groups is 1. The van der Waals surface area contributed by atoms with Gasteiger partial charge in [0, 0.05) is 6.04 Å². The molecule has 3 rings (SSSR count). The minimum absolute atomic E-state index is 0.0424. The first kappa shape index (κ1) is 22.2. The number of aromatic nitrogens is 3. The Morgan fingerprint density at radius 1 is 1.33 bits per heavy atom. The minimum atomic E-state index is -4.51. The third-order valence-corrected chi connectivity index (χ3v) is 5.44. The summed E-state index contributed by atoms with van der Waals surface area (Å²) in [6.07, 6.45) is 2.68. The molecule has 1 atom stereocenters. The van der Waals surface area contributed by atoms with Crippen LogP contribution >= 0.6 is 0 Å². The van der Waals surface area contributed by atoms with Crippen LogP contribution in [-0.4, -0.2) is 70.2 Å². The van der Waals surface area contributed by atoms with Crippen molar-refractivity contribution in [1.82, 2.24) is 24.6 Å². The van der Waals surface area contributed by atoms with Crippen LogP contribution in [0.3, 0.4) is 0 Å². The Labute approximate surface area is 173 Å². The molecule has 0 saturated carbocycles. The molecule has 10 heteroatoms. The Morgan fingerprint density at radius 2 is 2.13 bits per heavy atom.